The molecule has 3 rings (SSSR count). The number of halogens is 1. The molecule has 118 valence electrons. The van der Waals surface area contributed by atoms with Crippen LogP contribution in [-0.2, 0) is 6.54 Å². The summed E-state index contributed by atoms with van der Waals surface area (Å²) in [6.45, 7) is 0.960. The number of anilines is 1. The lowest BCUT2D eigenvalue weighted by Crippen LogP contribution is -2.26. The maximum atomic E-state index is 9.27. The number of hydrogen-bond donors (Lipinski definition) is 1. The molecular formula is C17H16ClN3O2. The number of para-hydroxylation sites is 1. The second-order valence-electron chi connectivity index (χ2n) is 4.99. The highest BCUT2D eigenvalue weighted by Gasteiger charge is 2.13. The van der Waals surface area contributed by atoms with E-state index in [0.717, 1.165) is 11.3 Å². The van der Waals surface area contributed by atoms with Crippen LogP contribution >= 0.6 is 11.6 Å². The SMILES string of the molecule is OCCN(Cc1nnc(-c2cccc(Cl)c2)o1)c1ccccc1. The van der Waals surface area contributed by atoms with Gasteiger partial charge in [0.2, 0.25) is 11.8 Å². The topological polar surface area (TPSA) is 62.4 Å². The van der Waals surface area contributed by atoms with Gasteiger partial charge in [0.15, 0.2) is 0 Å². The molecule has 1 heterocycles. The van der Waals surface area contributed by atoms with Gasteiger partial charge in [-0.2, -0.15) is 0 Å². The quantitative estimate of drug-likeness (QED) is 0.751. The van der Waals surface area contributed by atoms with Crippen LogP contribution in [0.4, 0.5) is 5.69 Å². The predicted molar refractivity (Wildman–Crippen MR) is 89.3 cm³/mol. The Balaban J connectivity index is 1.79. The lowest BCUT2D eigenvalue weighted by molar-refractivity contribution is 0.300. The average Bonchev–Trinajstić information content (AvgIpc) is 3.04. The van der Waals surface area contributed by atoms with Crippen LogP contribution in [-0.4, -0.2) is 28.5 Å². The van der Waals surface area contributed by atoms with Crippen molar-refractivity contribution in [2.45, 2.75) is 6.54 Å². The highest BCUT2D eigenvalue weighted by atomic mass is 35.5. The van der Waals surface area contributed by atoms with Gasteiger partial charge in [0.05, 0.1) is 13.2 Å². The summed E-state index contributed by atoms with van der Waals surface area (Å²) in [5.41, 5.74) is 1.77. The monoisotopic (exact) mass is 329 g/mol. The summed E-state index contributed by atoms with van der Waals surface area (Å²) >= 11 is 5.98. The molecule has 0 bridgehead atoms. The molecule has 0 amide bonds. The first-order chi connectivity index (χ1) is 11.3. The van der Waals surface area contributed by atoms with Crippen LogP contribution in [0.2, 0.25) is 5.02 Å². The normalized spacial score (nSPS) is 10.7. The Kier molecular flexibility index (Phi) is 4.90. The van der Waals surface area contributed by atoms with Crippen molar-refractivity contribution in [2.75, 3.05) is 18.1 Å². The summed E-state index contributed by atoms with van der Waals surface area (Å²) in [5.74, 6) is 0.914. The Morgan fingerprint density at radius 2 is 1.87 bits per heavy atom. The number of nitrogens with zero attached hydrogens (tertiary/aromatic N) is 3. The molecule has 0 saturated heterocycles. The standard InChI is InChI=1S/C17H16ClN3O2/c18-14-6-4-5-13(11-14)17-20-19-16(23-17)12-21(9-10-22)15-7-2-1-3-8-15/h1-8,11,22H,9-10,12H2. The van der Waals surface area contributed by atoms with Gasteiger partial charge in [-0.05, 0) is 30.3 Å². The lowest BCUT2D eigenvalue weighted by atomic mass is 10.2. The summed E-state index contributed by atoms with van der Waals surface area (Å²) in [6.07, 6.45) is 0. The molecule has 1 aromatic heterocycles. The molecule has 0 unspecified atom stereocenters. The first-order valence-electron chi connectivity index (χ1n) is 7.25. The van der Waals surface area contributed by atoms with Crippen LogP contribution in [0, 0.1) is 0 Å². The fraction of sp³-hybridized carbons (Fsp3) is 0.176. The number of aliphatic hydroxyl groups excluding tert-OH is 1. The van der Waals surface area contributed by atoms with E-state index in [-0.39, 0.29) is 6.61 Å². The van der Waals surface area contributed by atoms with Gasteiger partial charge in [0, 0.05) is 22.8 Å². The molecule has 3 aromatic rings. The van der Waals surface area contributed by atoms with Crippen molar-refractivity contribution in [2.24, 2.45) is 0 Å². The second-order valence-corrected chi connectivity index (χ2v) is 5.43. The lowest BCUT2D eigenvalue weighted by Gasteiger charge is -2.21. The first kappa shape index (κ1) is 15.5. The largest absolute Gasteiger partial charge is 0.419 e. The minimum Gasteiger partial charge on any atom is -0.419 e. The molecule has 1 N–H and O–H groups in total. The third-order valence-electron chi connectivity index (χ3n) is 3.36. The molecule has 0 atom stereocenters. The van der Waals surface area contributed by atoms with Crippen molar-refractivity contribution < 1.29 is 9.52 Å². The second kappa shape index (κ2) is 7.26. The van der Waals surface area contributed by atoms with E-state index in [4.69, 9.17) is 16.0 Å². The van der Waals surface area contributed by atoms with Gasteiger partial charge in [-0.15, -0.1) is 10.2 Å². The third-order valence-corrected chi connectivity index (χ3v) is 3.59. The molecule has 0 aliphatic heterocycles. The van der Waals surface area contributed by atoms with Gasteiger partial charge in [-0.3, -0.25) is 0 Å². The predicted octanol–water partition coefficient (Wildman–Crippen LogP) is 3.39. The zero-order valence-electron chi connectivity index (χ0n) is 12.4. The highest BCUT2D eigenvalue weighted by Crippen LogP contribution is 2.22. The molecule has 0 radical (unpaired) electrons. The first-order valence-corrected chi connectivity index (χ1v) is 7.63. The molecule has 23 heavy (non-hydrogen) atoms. The molecule has 0 saturated carbocycles. The van der Waals surface area contributed by atoms with E-state index in [0.29, 0.717) is 29.9 Å². The Labute approximate surface area is 139 Å². The van der Waals surface area contributed by atoms with Crippen molar-refractivity contribution >= 4 is 17.3 Å². The van der Waals surface area contributed by atoms with E-state index < -0.39 is 0 Å². The number of aromatic nitrogens is 2. The van der Waals surface area contributed by atoms with Crippen LogP contribution in [0.3, 0.4) is 0 Å². The molecular weight excluding hydrogens is 314 g/mol. The summed E-state index contributed by atoms with van der Waals surface area (Å²) in [6, 6.07) is 17.1. The van der Waals surface area contributed by atoms with Gasteiger partial charge >= 0.3 is 0 Å². The van der Waals surface area contributed by atoms with Crippen molar-refractivity contribution in [3.05, 3.63) is 65.5 Å². The van der Waals surface area contributed by atoms with Crippen LogP contribution in [0.1, 0.15) is 5.89 Å². The van der Waals surface area contributed by atoms with Crippen LogP contribution in [0.15, 0.2) is 59.0 Å². The molecule has 0 aliphatic carbocycles. The van der Waals surface area contributed by atoms with E-state index in [2.05, 4.69) is 10.2 Å². The molecule has 0 aliphatic rings. The van der Waals surface area contributed by atoms with Gasteiger partial charge < -0.3 is 14.4 Å². The van der Waals surface area contributed by atoms with E-state index in [1.54, 1.807) is 12.1 Å². The van der Waals surface area contributed by atoms with Crippen molar-refractivity contribution in [1.29, 1.82) is 0 Å². The number of rotatable bonds is 6. The Hall–Kier alpha value is -2.37. The average molecular weight is 330 g/mol. The van der Waals surface area contributed by atoms with Gasteiger partial charge in [0.25, 0.3) is 0 Å². The van der Waals surface area contributed by atoms with Crippen molar-refractivity contribution in [1.82, 2.24) is 10.2 Å². The van der Waals surface area contributed by atoms with Crippen LogP contribution in [0.25, 0.3) is 11.5 Å². The Morgan fingerprint density at radius 1 is 1.04 bits per heavy atom. The summed E-state index contributed by atoms with van der Waals surface area (Å²) in [7, 11) is 0. The maximum Gasteiger partial charge on any atom is 0.247 e. The van der Waals surface area contributed by atoms with Gasteiger partial charge in [-0.25, -0.2) is 0 Å². The summed E-state index contributed by atoms with van der Waals surface area (Å²) in [5, 5.41) is 18.0. The van der Waals surface area contributed by atoms with Crippen LogP contribution < -0.4 is 4.90 Å². The molecule has 6 heteroatoms. The summed E-state index contributed by atoms with van der Waals surface area (Å²) < 4.78 is 5.72. The molecule has 0 fully saturated rings. The molecule has 2 aromatic carbocycles. The fourth-order valence-corrected chi connectivity index (χ4v) is 2.47. The minimum atomic E-state index is 0.0458. The minimum absolute atomic E-state index is 0.0458. The van der Waals surface area contributed by atoms with E-state index in [1.165, 1.54) is 0 Å². The Morgan fingerprint density at radius 3 is 2.61 bits per heavy atom. The Bertz CT molecular complexity index is 761. The zero-order chi connectivity index (χ0) is 16.1. The van der Waals surface area contributed by atoms with E-state index in [1.807, 2.05) is 47.4 Å². The third kappa shape index (κ3) is 3.88. The summed E-state index contributed by atoms with van der Waals surface area (Å²) in [4.78, 5) is 1.98. The number of aliphatic hydroxyl groups is 1. The smallest absolute Gasteiger partial charge is 0.247 e. The number of hydrogen-bond acceptors (Lipinski definition) is 5. The van der Waals surface area contributed by atoms with E-state index in [9.17, 15) is 5.11 Å². The number of benzene rings is 2. The van der Waals surface area contributed by atoms with Crippen LogP contribution in [0.5, 0.6) is 0 Å². The highest BCUT2D eigenvalue weighted by molar-refractivity contribution is 6.30. The fourth-order valence-electron chi connectivity index (χ4n) is 2.28. The maximum absolute atomic E-state index is 9.27. The van der Waals surface area contributed by atoms with E-state index >= 15 is 0 Å². The van der Waals surface area contributed by atoms with Gasteiger partial charge in [-0.1, -0.05) is 35.9 Å². The van der Waals surface area contributed by atoms with Crippen molar-refractivity contribution in [3.8, 4) is 11.5 Å². The van der Waals surface area contributed by atoms with Crippen molar-refractivity contribution in [3.63, 3.8) is 0 Å². The zero-order valence-corrected chi connectivity index (χ0v) is 13.1. The molecule has 5 nitrogen and oxygen atoms in total. The van der Waals surface area contributed by atoms with Gasteiger partial charge in [0.1, 0.15) is 0 Å². The molecule has 0 spiro atoms.